The van der Waals surface area contributed by atoms with Crippen LogP contribution in [0, 0.1) is 3.57 Å². The van der Waals surface area contributed by atoms with E-state index in [-0.39, 0.29) is 5.56 Å². The molecule has 0 saturated heterocycles. The molecule has 0 radical (unpaired) electrons. The van der Waals surface area contributed by atoms with E-state index in [0.29, 0.717) is 16.0 Å². The third kappa shape index (κ3) is 3.23. The number of aromatic carboxylic acids is 1. The maximum atomic E-state index is 11.1. The Kier molecular flexibility index (Phi) is 4.23. The van der Waals surface area contributed by atoms with E-state index in [1.54, 1.807) is 24.3 Å². The first-order valence-corrected chi connectivity index (χ1v) is 6.90. The summed E-state index contributed by atoms with van der Waals surface area (Å²) in [6, 6.07) is 12.3. The summed E-state index contributed by atoms with van der Waals surface area (Å²) < 4.78 is 7.37. The maximum absolute atomic E-state index is 11.1. The molecule has 92 valence electrons. The van der Waals surface area contributed by atoms with Crippen LogP contribution in [0.1, 0.15) is 10.4 Å². The zero-order valence-electron chi connectivity index (χ0n) is 9.06. The molecule has 0 heterocycles. The molecule has 0 spiro atoms. The molecule has 0 fully saturated rings. The molecule has 2 aromatic rings. The number of carboxylic acid groups (broad SMARTS) is 1. The number of halogens is 2. The van der Waals surface area contributed by atoms with Gasteiger partial charge in [-0.1, -0.05) is 15.9 Å². The van der Waals surface area contributed by atoms with E-state index in [4.69, 9.17) is 9.84 Å². The minimum atomic E-state index is -1.02. The van der Waals surface area contributed by atoms with Crippen LogP contribution in [0.5, 0.6) is 11.5 Å². The van der Waals surface area contributed by atoms with Crippen molar-refractivity contribution in [2.75, 3.05) is 0 Å². The molecule has 0 unspecified atom stereocenters. The summed E-state index contributed by atoms with van der Waals surface area (Å²) in [7, 11) is 0. The van der Waals surface area contributed by atoms with Crippen molar-refractivity contribution in [1.82, 2.24) is 0 Å². The van der Waals surface area contributed by atoms with Crippen molar-refractivity contribution in [3.05, 3.63) is 56.1 Å². The van der Waals surface area contributed by atoms with E-state index in [0.717, 1.165) is 3.57 Å². The first-order valence-electron chi connectivity index (χ1n) is 5.02. The fraction of sp³-hybridized carbons (Fsp3) is 0. The Morgan fingerprint density at radius 2 is 1.83 bits per heavy atom. The van der Waals surface area contributed by atoms with Gasteiger partial charge in [-0.25, -0.2) is 4.79 Å². The lowest BCUT2D eigenvalue weighted by atomic mass is 10.2. The third-order valence-corrected chi connectivity index (χ3v) is 3.43. The highest BCUT2D eigenvalue weighted by Crippen LogP contribution is 2.28. The van der Waals surface area contributed by atoms with Crippen molar-refractivity contribution in [3.8, 4) is 11.5 Å². The molecule has 0 aliphatic carbocycles. The molecule has 0 bridgehead atoms. The smallest absolute Gasteiger partial charge is 0.339 e. The lowest BCUT2D eigenvalue weighted by Gasteiger charge is -2.09. The molecule has 2 rings (SSSR count). The van der Waals surface area contributed by atoms with E-state index in [1.807, 2.05) is 12.1 Å². The van der Waals surface area contributed by atoms with Crippen molar-refractivity contribution < 1.29 is 14.6 Å². The zero-order valence-corrected chi connectivity index (χ0v) is 12.8. The van der Waals surface area contributed by atoms with E-state index < -0.39 is 5.97 Å². The largest absolute Gasteiger partial charge is 0.478 e. The Balaban J connectivity index is 2.34. The van der Waals surface area contributed by atoms with Gasteiger partial charge in [0, 0.05) is 8.04 Å². The summed E-state index contributed by atoms with van der Waals surface area (Å²) in [4.78, 5) is 11.1. The third-order valence-electron chi connectivity index (χ3n) is 2.21. The van der Waals surface area contributed by atoms with E-state index in [2.05, 4.69) is 38.5 Å². The molecule has 18 heavy (non-hydrogen) atoms. The Morgan fingerprint density at radius 1 is 1.17 bits per heavy atom. The minimum absolute atomic E-state index is 0.128. The maximum Gasteiger partial charge on any atom is 0.339 e. The van der Waals surface area contributed by atoms with Crippen LogP contribution in [-0.4, -0.2) is 11.1 Å². The average Bonchev–Trinajstić information content (AvgIpc) is 2.34. The molecule has 0 saturated carbocycles. The van der Waals surface area contributed by atoms with Crippen LogP contribution in [0.25, 0.3) is 0 Å². The van der Waals surface area contributed by atoms with Crippen LogP contribution in [0.2, 0.25) is 0 Å². The summed E-state index contributed by atoms with van der Waals surface area (Å²) in [6.07, 6.45) is 0. The number of ether oxygens (including phenoxy) is 1. The van der Waals surface area contributed by atoms with Gasteiger partial charge in [0.05, 0.1) is 0 Å². The molecule has 2 aromatic carbocycles. The number of carbonyl (C=O) groups is 1. The number of benzene rings is 2. The second-order valence-electron chi connectivity index (χ2n) is 3.50. The molecule has 0 aromatic heterocycles. The van der Waals surface area contributed by atoms with Gasteiger partial charge in [-0.15, -0.1) is 0 Å². The van der Waals surface area contributed by atoms with Crippen LogP contribution < -0.4 is 4.74 Å². The number of hydrogen-bond donors (Lipinski definition) is 1. The van der Waals surface area contributed by atoms with Crippen molar-refractivity contribution in [3.63, 3.8) is 0 Å². The van der Waals surface area contributed by atoms with Gasteiger partial charge in [-0.2, -0.15) is 0 Å². The van der Waals surface area contributed by atoms with Gasteiger partial charge < -0.3 is 9.84 Å². The van der Waals surface area contributed by atoms with Crippen LogP contribution in [0.4, 0.5) is 0 Å². The predicted octanol–water partition coefficient (Wildman–Crippen LogP) is 4.54. The Labute approximate surface area is 126 Å². The normalized spacial score (nSPS) is 10.1. The quantitative estimate of drug-likeness (QED) is 0.744. The molecule has 0 aliphatic rings. The number of rotatable bonds is 3. The van der Waals surface area contributed by atoms with Crippen LogP contribution in [0.3, 0.4) is 0 Å². The highest BCUT2D eigenvalue weighted by Gasteiger charge is 2.12. The highest BCUT2D eigenvalue weighted by molar-refractivity contribution is 14.1. The summed E-state index contributed by atoms with van der Waals surface area (Å²) in [5.41, 5.74) is 0.128. The zero-order chi connectivity index (χ0) is 13.1. The van der Waals surface area contributed by atoms with Crippen LogP contribution in [0.15, 0.2) is 46.9 Å². The molecule has 5 heteroatoms. The molecular formula is C13H8BrIO3. The fourth-order valence-electron chi connectivity index (χ4n) is 1.39. The second kappa shape index (κ2) is 5.71. The first kappa shape index (κ1) is 13.4. The minimum Gasteiger partial charge on any atom is -0.478 e. The molecule has 0 atom stereocenters. The first-order chi connectivity index (χ1) is 8.56. The van der Waals surface area contributed by atoms with Gasteiger partial charge in [0.2, 0.25) is 0 Å². The van der Waals surface area contributed by atoms with Crippen molar-refractivity contribution in [1.29, 1.82) is 0 Å². The Bertz CT molecular complexity index is 581. The average molecular weight is 419 g/mol. The van der Waals surface area contributed by atoms with Gasteiger partial charge in [0.1, 0.15) is 17.1 Å². The number of hydrogen-bond acceptors (Lipinski definition) is 2. The van der Waals surface area contributed by atoms with Crippen molar-refractivity contribution in [2.45, 2.75) is 0 Å². The van der Waals surface area contributed by atoms with E-state index in [9.17, 15) is 4.79 Å². The standard InChI is InChI=1S/C13H8BrIO3/c14-8-1-6-12(11(7-8)13(16)17)18-10-4-2-9(15)3-5-10/h1-7H,(H,16,17). The van der Waals surface area contributed by atoms with Gasteiger partial charge in [-0.05, 0) is 65.1 Å². The molecular weight excluding hydrogens is 411 g/mol. The van der Waals surface area contributed by atoms with Crippen molar-refractivity contribution in [2.24, 2.45) is 0 Å². The van der Waals surface area contributed by atoms with Crippen LogP contribution in [-0.2, 0) is 0 Å². The van der Waals surface area contributed by atoms with E-state index >= 15 is 0 Å². The Hall–Kier alpha value is -1.08. The van der Waals surface area contributed by atoms with E-state index in [1.165, 1.54) is 6.07 Å². The molecule has 1 N–H and O–H groups in total. The second-order valence-corrected chi connectivity index (χ2v) is 5.66. The summed E-state index contributed by atoms with van der Waals surface area (Å²) in [5.74, 6) is -0.0797. The van der Waals surface area contributed by atoms with Gasteiger partial charge >= 0.3 is 5.97 Å². The lowest BCUT2D eigenvalue weighted by Crippen LogP contribution is -2.00. The summed E-state index contributed by atoms with van der Waals surface area (Å²) in [6.45, 7) is 0. The Morgan fingerprint density at radius 3 is 2.44 bits per heavy atom. The van der Waals surface area contributed by atoms with Crippen LogP contribution >= 0.6 is 38.5 Å². The van der Waals surface area contributed by atoms with Gasteiger partial charge in [0.15, 0.2) is 0 Å². The summed E-state index contributed by atoms with van der Waals surface area (Å²) >= 11 is 5.43. The van der Waals surface area contributed by atoms with Gasteiger partial charge in [0.25, 0.3) is 0 Å². The lowest BCUT2D eigenvalue weighted by molar-refractivity contribution is 0.0694. The molecule has 0 aliphatic heterocycles. The topological polar surface area (TPSA) is 46.5 Å². The van der Waals surface area contributed by atoms with Gasteiger partial charge in [-0.3, -0.25) is 0 Å². The predicted molar refractivity (Wildman–Crippen MR) is 80.3 cm³/mol. The highest BCUT2D eigenvalue weighted by atomic mass is 127. The number of carboxylic acids is 1. The molecule has 0 amide bonds. The van der Waals surface area contributed by atoms with Crippen molar-refractivity contribution >= 4 is 44.5 Å². The molecule has 3 nitrogen and oxygen atoms in total. The fourth-order valence-corrected chi connectivity index (χ4v) is 2.11. The monoisotopic (exact) mass is 418 g/mol. The summed E-state index contributed by atoms with van der Waals surface area (Å²) in [5, 5.41) is 9.11. The SMILES string of the molecule is O=C(O)c1cc(Br)ccc1Oc1ccc(I)cc1.